The Kier molecular flexibility index (Phi) is 6.96. The maximum absolute atomic E-state index is 12.7. The largest absolute Gasteiger partial charge is 0.481 e. The van der Waals surface area contributed by atoms with Crippen LogP contribution in [-0.2, 0) is 14.4 Å². The minimum absolute atomic E-state index is 0.339. The van der Waals surface area contributed by atoms with Gasteiger partial charge in [0.15, 0.2) is 11.8 Å². The summed E-state index contributed by atoms with van der Waals surface area (Å²) in [4.78, 5) is 50.1. The number of hydrogen-bond donors (Lipinski definition) is 3. The predicted octanol–water partition coefficient (Wildman–Crippen LogP) is 3.10. The molecule has 2 aromatic rings. The molecule has 1 heterocycles. The molecule has 0 aromatic heterocycles. The number of aliphatic carboxylic acids is 1. The van der Waals surface area contributed by atoms with Crippen molar-refractivity contribution in [3.05, 3.63) is 70.9 Å². The normalized spacial score (nSPS) is 16.8. The molecular weight excluding hydrogens is 422 g/mol. The third-order valence-electron chi connectivity index (χ3n) is 5.59. The van der Waals surface area contributed by atoms with Crippen LogP contribution in [0.5, 0.6) is 0 Å². The zero-order chi connectivity index (χ0) is 24.3. The van der Waals surface area contributed by atoms with E-state index < -0.39 is 35.8 Å². The van der Waals surface area contributed by atoms with Crippen LogP contribution in [0.3, 0.4) is 0 Å². The van der Waals surface area contributed by atoms with Crippen molar-refractivity contribution in [3.8, 4) is 11.1 Å². The summed E-state index contributed by atoms with van der Waals surface area (Å²) in [5.41, 5.74) is 5.01. The molecule has 2 atom stereocenters. The zero-order valence-electron chi connectivity index (χ0n) is 19.0. The first kappa shape index (κ1) is 23.7. The van der Waals surface area contributed by atoms with Crippen LogP contribution in [0.25, 0.3) is 11.1 Å². The highest BCUT2D eigenvalue weighted by Gasteiger charge is 2.35. The van der Waals surface area contributed by atoms with E-state index in [1.165, 1.54) is 18.1 Å². The fourth-order valence-corrected chi connectivity index (χ4v) is 3.82. The van der Waals surface area contributed by atoms with E-state index in [-0.39, 0.29) is 6.42 Å². The number of aryl methyl sites for hydroxylation is 2. The fraction of sp³-hybridized carbons (Fsp3) is 0.280. The number of benzene rings is 2. The maximum Gasteiger partial charge on any atom is 0.316 e. The molecule has 2 aromatic carbocycles. The van der Waals surface area contributed by atoms with E-state index >= 15 is 0 Å². The highest BCUT2D eigenvalue weighted by atomic mass is 16.4. The average Bonchev–Trinajstić information content (AvgIpc) is 2.76. The van der Waals surface area contributed by atoms with Crippen LogP contribution in [0.1, 0.15) is 36.1 Å². The summed E-state index contributed by atoms with van der Waals surface area (Å²) in [5, 5.41) is 14.4. The van der Waals surface area contributed by atoms with Crippen LogP contribution in [0, 0.1) is 13.8 Å². The number of carboxylic acids is 1. The second kappa shape index (κ2) is 9.68. The summed E-state index contributed by atoms with van der Waals surface area (Å²) in [6, 6.07) is 10.4. The van der Waals surface area contributed by atoms with E-state index in [4.69, 9.17) is 0 Å². The first-order chi connectivity index (χ1) is 15.6. The number of ketones is 1. The Labute approximate surface area is 192 Å². The van der Waals surface area contributed by atoms with Crippen LogP contribution in [0.2, 0.25) is 0 Å². The lowest BCUT2D eigenvalue weighted by atomic mass is 9.94. The van der Waals surface area contributed by atoms with Crippen molar-refractivity contribution in [2.24, 2.45) is 0 Å². The molecule has 0 fully saturated rings. The topological polar surface area (TPSA) is 116 Å². The summed E-state index contributed by atoms with van der Waals surface area (Å²) in [7, 11) is 1.50. The molecular formula is C25H27N3O5. The molecule has 0 saturated heterocycles. The van der Waals surface area contributed by atoms with Gasteiger partial charge in [0.05, 0.1) is 12.5 Å². The van der Waals surface area contributed by atoms with Crippen molar-refractivity contribution in [2.45, 2.75) is 39.3 Å². The Morgan fingerprint density at radius 3 is 2.52 bits per heavy atom. The lowest BCUT2D eigenvalue weighted by molar-refractivity contribution is -0.138. The number of urea groups is 1. The molecule has 1 aliphatic rings. The first-order valence-electron chi connectivity index (χ1n) is 10.5. The highest BCUT2D eigenvalue weighted by Crippen LogP contribution is 2.28. The zero-order valence-corrected chi connectivity index (χ0v) is 19.0. The van der Waals surface area contributed by atoms with Crippen molar-refractivity contribution in [2.75, 3.05) is 7.05 Å². The van der Waals surface area contributed by atoms with E-state index in [1.807, 2.05) is 44.2 Å². The molecule has 0 aliphatic carbocycles. The minimum Gasteiger partial charge on any atom is -0.481 e. The number of carbonyl (C=O) groups is 4. The van der Waals surface area contributed by atoms with E-state index in [2.05, 4.69) is 10.6 Å². The molecule has 0 spiro atoms. The van der Waals surface area contributed by atoms with Gasteiger partial charge >= 0.3 is 12.0 Å². The molecule has 3 N–H and O–H groups in total. The monoisotopic (exact) mass is 449 g/mol. The Bertz CT molecular complexity index is 1150. The van der Waals surface area contributed by atoms with Gasteiger partial charge < -0.3 is 20.6 Å². The van der Waals surface area contributed by atoms with Gasteiger partial charge in [0.25, 0.3) is 5.91 Å². The van der Waals surface area contributed by atoms with Crippen molar-refractivity contribution in [1.29, 1.82) is 0 Å². The van der Waals surface area contributed by atoms with E-state index in [1.54, 1.807) is 19.1 Å². The molecule has 3 rings (SSSR count). The van der Waals surface area contributed by atoms with Crippen molar-refractivity contribution >= 4 is 23.7 Å². The predicted molar refractivity (Wildman–Crippen MR) is 123 cm³/mol. The van der Waals surface area contributed by atoms with Crippen LogP contribution in [0.4, 0.5) is 4.79 Å². The first-order valence-corrected chi connectivity index (χ1v) is 10.5. The van der Waals surface area contributed by atoms with Gasteiger partial charge in [-0.25, -0.2) is 4.79 Å². The summed E-state index contributed by atoms with van der Waals surface area (Å²) in [6.45, 7) is 5.55. The van der Waals surface area contributed by atoms with E-state index in [0.717, 1.165) is 22.3 Å². The number of likely N-dealkylation sites (N-methyl/N-ethyl adjacent to an activating group) is 1. The van der Waals surface area contributed by atoms with Crippen molar-refractivity contribution in [1.82, 2.24) is 15.5 Å². The average molecular weight is 450 g/mol. The molecule has 8 heteroatoms. The molecule has 33 heavy (non-hydrogen) atoms. The van der Waals surface area contributed by atoms with Gasteiger partial charge in [-0.3, -0.25) is 14.4 Å². The summed E-state index contributed by atoms with van der Waals surface area (Å²) < 4.78 is 0. The van der Waals surface area contributed by atoms with Gasteiger partial charge in [-0.05, 0) is 49.1 Å². The summed E-state index contributed by atoms with van der Waals surface area (Å²) in [5.74, 6) is -2.16. The molecule has 8 nitrogen and oxygen atoms in total. The van der Waals surface area contributed by atoms with Gasteiger partial charge in [-0.2, -0.15) is 0 Å². The van der Waals surface area contributed by atoms with Gasteiger partial charge in [0, 0.05) is 18.8 Å². The van der Waals surface area contributed by atoms with Gasteiger partial charge in [0.2, 0.25) is 0 Å². The van der Waals surface area contributed by atoms with E-state index in [0.29, 0.717) is 11.1 Å². The smallest absolute Gasteiger partial charge is 0.316 e. The molecule has 172 valence electrons. The fourth-order valence-electron chi connectivity index (χ4n) is 3.82. The number of carbonyl (C=O) groups excluding carboxylic acids is 3. The molecule has 0 radical (unpaired) electrons. The molecule has 0 bridgehead atoms. The van der Waals surface area contributed by atoms with Crippen molar-refractivity contribution < 1.29 is 24.3 Å². The number of nitrogens with one attached hydrogen (secondary N) is 2. The Morgan fingerprint density at radius 2 is 1.82 bits per heavy atom. The van der Waals surface area contributed by atoms with Crippen LogP contribution in [-0.4, -0.2) is 46.8 Å². The lowest BCUT2D eigenvalue weighted by Gasteiger charge is -2.27. The molecule has 3 amide bonds. The Morgan fingerprint density at radius 1 is 1.09 bits per heavy atom. The maximum atomic E-state index is 12.7. The second-order valence-electron chi connectivity index (χ2n) is 8.27. The quantitative estimate of drug-likeness (QED) is 0.586. The van der Waals surface area contributed by atoms with Gasteiger partial charge in [-0.1, -0.05) is 42.0 Å². The molecule has 2 unspecified atom stereocenters. The lowest BCUT2D eigenvalue weighted by Crippen LogP contribution is -2.56. The number of nitrogens with zero attached hydrogens (tertiary/aromatic N) is 1. The number of hydrogen-bond acceptors (Lipinski definition) is 4. The molecule has 1 aliphatic heterocycles. The van der Waals surface area contributed by atoms with Crippen LogP contribution >= 0.6 is 0 Å². The number of carboxylic acid groups (broad SMARTS) is 1. The number of amides is 3. The summed E-state index contributed by atoms with van der Waals surface area (Å²) >= 11 is 0. The molecule has 0 saturated carbocycles. The third kappa shape index (κ3) is 5.46. The van der Waals surface area contributed by atoms with Gasteiger partial charge in [0.1, 0.15) is 0 Å². The minimum atomic E-state index is -1.35. The third-order valence-corrected chi connectivity index (χ3v) is 5.59. The summed E-state index contributed by atoms with van der Waals surface area (Å²) in [6.07, 6.45) is 1.04. The van der Waals surface area contributed by atoms with Gasteiger partial charge in [-0.15, -0.1) is 0 Å². The van der Waals surface area contributed by atoms with E-state index in [9.17, 15) is 24.3 Å². The van der Waals surface area contributed by atoms with Crippen molar-refractivity contribution in [3.63, 3.8) is 0 Å². The number of Topliss-reactive ketones (excluding diaryl/α,β-unsaturated/α-hetero) is 1. The SMILES string of the molecule is CC1=CN(C)C(=O)C(NC(=O)NC(CC(=O)O)c2cccc(-c3cc(C)ccc3C)c2)C1=O. The Balaban J connectivity index is 1.85. The Hall–Kier alpha value is -3.94. The van der Waals surface area contributed by atoms with Crippen LogP contribution < -0.4 is 10.6 Å². The van der Waals surface area contributed by atoms with Crippen LogP contribution in [0.15, 0.2) is 54.2 Å². The highest BCUT2D eigenvalue weighted by molar-refractivity contribution is 6.16. The number of rotatable bonds is 6. The standard InChI is InChI=1S/C25H27N3O5/c1-14-8-9-15(2)19(10-14)17-6-5-7-18(11-17)20(12-21(29)30)26-25(33)27-22-23(31)16(3)13-28(4)24(22)32/h5-11,13,20,22H,12H2,1-4H3,(H,29,30)(H2,26,27,33). The second-order valence-corrected chi connectivity index (χ2v) is 8.27.